The van der Waals surface area contributed by atoms with E-state index in [9.17, 15) is 9.59 Å². The highest BCUT2D eigenvalue weighted by molar-refractivity contribution is 5.87. The average Bonchev–Trinajstić information content (AvgIpc) is 2.66. The molecule has 1 saturated heterocycles. The summed E-state index contributed by atoms with van der Waals surface area (Å²) >= 11 is 0. The fraction of sp³-hybridized carbons (Fsp3) is 0.391. The van der Waals surface area contributed by atoms with Gasteiger partial charge in [0.05, 0.1) is 12.0 Å². The lowest BCUT2D eigenvalue weighted by Gasteiger charge is -2.35. The predicted octanol–water partition coefficient (Wildman–Crippen LogP) is 2.91. The van der Waals surface area contributed by atoms with Crippen LogP contribution in [0.15, 0.2) is 42.5 Å². The minimum absolute atomic E-state index is 0.118. The highest BCUT2D eigenvalue weighted by Gasteiger charge is 2.40. The lowest BCUT2D eigenvalue weighted by atomic mass is 9.74. The minimum atomic E-state index is -0.560. The second-order valence-electron chi connectivity index (χ2n) is 7.79. The van der Waals surface area contributed by atoms with Crippen LogP contribution in [-0.4, -0.2) is 31.6 Å². The first kappa shape index (κ1) is 20.1. The van der Waals surface area contributed by atoms with Crippen molar-refractivity contribution < 1.29 is 14.3 Å². The number of nitrogens with one attached hydrogen (secondary N) is 1. The Morgan fingerprint density at radius 1 is 1.00 bits per heavy atom. The number of carbonyl (C=O) groups excluding carboxylic acids is 2. The van der Waals surface area contributed by atoms with E-state index in [1.807, 2.05) is 0 Å². The van der Waals surface area contributed by atoms with Gasteiger partial charge in [-0.2, -0.15) is 0 Å². The summed E-state index contributed by atoms with van der Waals surface area (Å²) in [5.41, 5.74) is 10.6. The fourth-order valence-electron chi connectivity index (χ4n) is 3.95. The molecule has 2 amide bonds. The molecular formula is C23H28N2O3. The highest BCUT2D eigenvalue weighted by atomic mass is 16.5. The van der Waals surface area contributed by atoms with Crippen molar-refractivity contribution in [2.24, 2.45) is 11.1 Å². The Morgan fingerprint density at radius 3 is 2.18 bits per heavy atom. The van der Waals surface area contributed by atoms with Crippen LogP contribution in [0.3, 0.4) is 0 Å². The van der Waals surface area contributed by atoms with Crippen LogP contribution in [0.25, 0.3) is 11.1 Å². The first-order valence-corrected chi connectivity index (χ1v) is 9.70. The number of aryl methyl sites for hydroxylation is 2. The fourth-order valence-corrected chi connectivity index (χ4v) is 3.95. The first-order chi connectivity index (χ1) is 13.4. The zero-order valence-electron chi connectivity index (χ0n) is 16.6. The van der Waals surface area contributed by atoms with E-state index >= 15 is 0 Å². The number of hydrogen-bond donors (Lipinski definition) is 2. The van der Waals surface area contributed by atoms with E-state index < -0.39 is 11.3 Å². The van der Waals surface area contributed by atoms with Gasteiger partial charge in [0.1, 0.15) is 0 Å². The molecule has 0 bridgehead atoms. The van der Waals surface area contributed by atoms with Crippen molar-refractivity contribution in [1.29, 1.82) is 0 Å². The second-order valence-corrected chi connectivity index (χ2v) is 7.79. The molecule has 0 radical (unpaired) electrons. The molecule has 5 nitrogen and oxygen atoms in total. The minimum Gasteiger partial charge on any atom is -0.381 e. The van der Waals surface area contributed by atoms with Gasteiger partial charge in [0.15, 0.2) is 0 Å². The van der Waals surface area contributed by atoms with Crippen LogP contribution >= 0.6 is 0 Å². The van der Waals surface area contributed by atoms with E-state index in [0.717, 1.165) is 11.1 Å². The van der Waals surface area contributed by atoms with Crippen molar-refractivity contribution >= 4 is 11.8 Å². The Labute approximate surface area is 166 Å². The van der Waals surface area contributed by atoms with Crippen molar-refractivity contribution in [2.75, 3.05) is 19.8 Å². The third-order valence-electron chi connectivity index (χ3n) is 5.41. The van der Waals surface area contributed by atoms with E-state index in [2.05, 4.69) is 61.6 Å². The average molecular weight is 380 g/mol. The summed E-state index contributed by atoms with van der Waals surface area (Å²) in [7, 11) is 0. The number of rotatable bonds is 6. The van der Waals surface area contributed by atoms with Crippen LogP contribution in [-0.2, 0) is 20.7 Å². The normalized spacial score (nSPS) is 15.8. The van der Waals surface area contributed by atoms with Crippen LogP contribution in [0, 0.1) is 19.3 Å². The zero-order chi connectivity index (χ0) is 20.1. The van der Waals surface area contributed by atoms with Gasteiger partial charge in [-0.3, -0.25) is 9.59 Å². The molecule has 0 aromatic heterocycles. The highest BCUT2D eigenvalue weighted by Crippen LogP contribution is 2.35. The summed E-state index contributed by atoms with van der Waals surface area (Å²) in [5.74, 6) is -0.652. The summed E-state index contributed by atoms with van der Waals surface area (Å²) in [6.07, 6.45) is 1.89. The molecule has 1 fully saturated rings. The summed E-state index contributed by atoms with van der Waals surface area (Å²) in [4.78, 5) is 23.9. The quantitative estimate of drug-likeness (QED) is 0.808. The van der Waals surface area contributed by atoms with Gasteiger partial charge in [0, 0.05) is 13.2 Å². The molecule has 1 heterocycles. The van der Waals surface area contributed by atoms with E-state index in [0.29, 0.717) is 32.5 Å². The summed E-state index contributed by atoms with van der Waals surface area (Å²) in [5, 5.41) is 2.69. The van der Waals surface area contributed by atoms with Gasteiger partial charge in [0.25, 0.3) is 0 Å². The van der Waals surface area contributed by atoms with E-state index in [1.165, 1.54) is 16.7 Å². The van der Waals surface area contributed by atoms with Crippen LogP contribution in [0.1, 0.15) is 29.5 Å². The Morgan fingerprint density at radius 2 is 1.61 bits per heavy atom. The number of hydrogen-bond acceptors (Lipinski definition) is 3. The van der Waals surface area contributed by atoms with E-state index in [-0.39, 0.29) is 12.5 Å². The van der Waals surface area contributed by atoms with Crippen LogP contribution in [0.5, 0.6) is 0 Å². The van der Waals surface area contributed by atoms with Crippen molar-refractivity contribution in [3.05, 3.63) is 59.2 Å². The largest absolute Gasteiger partial charge is 0.381 e. The summed E-state index contributed by atoms with van der Waals surface area (Å²) in [6.45, 7) is 5.16. The van der Waals surface area contributed by atoms with E-state index in [1.54, 1.807) is 0 Å². The third kappa shape index (κ3) is 4.78. The number of amides is 2. The maximum atomic E-state index is 12.8. The van der Waals surface area contributed by atoms with Gasteiger partial charge >= 0.3 is 0 Å². The number of ether oxygens (including phenoxy) is 1. The van der Waals surface area contributed by atoms with Crippen molar-refractivity contribution in [3.8, 4) is 11.1 Å². The lowest BCUT2D eigenvalue weighted by molar-refractivity contribution is -0.137. The molecule has 0 saturated carbocycles. The molecule has 148 valence electrons. The molecular weight excluding hydrogens is 352 g/mol. The lowest BCUT2D eigenvalue weighted by Crippen LogP contribution is -2.48. The van der Waals surface area contributed by atoms with Gasteiger partial charge in [-0.1, -0.05) is 53.6 Å². The second kappa shape index (κ2) is 8.57. The molecule has 0 spiro atoms. The Kier molecular flexibility index (Phi) is 6.15. The zero-order valence-corrected chi connectivity index (χ0v) is 16.6. The molecule has 2 aromatic carbocycles. The Hall–Kier alpha value is -2.66. The van der Waals surface area contributed by atoms with Gasteiger partial charge in [-0.25, -0.2) is 0 Å². The number of benzene rings is 2. The van der Waals surface area contributed by atoms with Gasteiger partial charge < -0.3 is 15.8 Å². The standard InChI is InChI=1S/C23H28N2O3/c1-16-11-17(2)13-20(12-16)19-5-3-18(4-6-19)14-23(7-9-28-10-8-23)22(27)25-15-21(24)26/h3-6,11-13H,7-10,14-15H2,1-2H3,(H2,24,26)(H,25,27). The smallest absolute Gasteiger partial charge is 0.236 e. The topological polar surface area (TPSA) is 81.4 Å². The van der Waals surface area contributed by atoms with Crippen molar-refractivity contribution in [2.45, 2.75) is 33.1 Å². The first-order valence-electron chi connectivity index (χ1n) is 9.70. The maximum Gasteiger partial charge on any atom is 0.236 e. The molecule has 0 unspecified atom stereocenters. The van der Waals surface area contributed by atoms with Crippen LogP contribution in [0.4, 0.5) is 0 Å². The molecule has 3 N–H and O–H groups in total. The molecule has 0 aliphatic carbocycles. The van der Waals surface area contributed by atoms with Gasteiger partial charge in [0.2, 0.25) is 11.8 Å². The van der Waals surface area contributed by atoms with Gasteiger partial charge in [-0.05, 0) is 49.8 Å². The molecule has 2 aromatic rings. The Bertz CT molecular complexity index is 832. The van der Waals surface area contributed by atoms with Crippen LogP contribution in [0.2, 0.25) is 0 Å². The maximum absolute atomic E-state index is 12.8. The van der Waals surface area contributed by atoms with Crippen molar-refractivity contribution in [1.82, 2.24) is 5.32 Å². The third-order valence-corrected chi connectivity index (χ3v) is 5.41. The SMILES string of the molecule is Cc1cc(C)cc(-c2ccc(CC3(C(=O)NCC(N)=O)CCOCC3)cc2)c1. The summed E-state index contributed by atoms with van der Waals surface area (Å²) < 4.78 is 5.47. The number of primary amides is 1. The summed E-state index contributed by atoms with van der Waals surface area (Å²) in [6, 6.07) is 14.9. The molecule has 28 heavy (non-hydrogen) atoms. The van der Waals surface area contributed by atoms with Crippen molar-refractivity contribution in [3.63, 3.8) is 0 Å². The predicted molar refractivity (Wildman–Crippen MR) is 110 cm³/mol. The molecule has 0 atom stereocenters. The molecule has 5 heteroatoms. The molecule has 1 aliphatic rings. The Balaban J connectivity index is 1.79. The number of nitrogens with two attached hydrogens (primary N) is 1. The molecule has 3 rings (SSSR count). The van der Waals surface area contributed by atoms with Crippen LogP contribution < -0.4 is 11.1 Å². The molecule has 1 aliphatic heterocycles. The number of carbonyl (C=O) groups is 2. The van der Waals surface area contributed by atoms with E-state index in [4.69, 9.17) is 10.5 Å². The van der Waals surface area contributed by atoms with Gasteiger partial charge in [-0.15, -0.1) is 0 Å². The monoisotopic (exact) mass is 380 g/mol.